The number of rotatable bonds is 3. The first kappa shape index (κ1) is 12.5. The molecule has 0 bridgehead atoms. The van der Waals surface area contributed by atoms with Crippen molar-refractivity contribution in [1.29, 1.82) is 0 Å². The number of amides is 1. The number of para-hydroxylation sites is 2. The Labute approximate surface area is 107 Å². The van der Waals surface area contributed by atoms with E-state index in [0.717, 1.165) is 30.8 Å². The Morgan fingerprint density at radius 2 is 2.28 bits per heavy atom. The minimum Gasteiger partial charge on any atom is -0.465 e. The number of anilines is 2. The number of nitrogens with zero attached hydrogens (tertiary/aromatic N) is 1. The molecule has 1 aromatic rings. The zero-order chi connectivity index (χ0) is 13.0. The van der Waals surface area contributed by atoms with Crippen LogP contribution in [-0.2, 0) is 0 Å². The Morgan fingerprint density at radius 1 is 1.50 bits per heavy atom. The molecular formula is C13H19N3O2. The van der Waals surface area contributed by atoms with Gasteiger partial charge in [-0.25, -0.2) is 4.79 Å². The van der Waals surface area contributed by atoms with Crippen LogP contribution in [0.25, 0.3) is 0 Å². The Balaban J connectivity index is 1.87. The number of hydrogen-bond donors (Lipinski definition) is 3. The van der Waals surface area contributed by atoms with Crippen molar-refractivity contribution in [2.45, 2.75) is 12.8 Å². The molecule has 1 saturated heterocycles. The second-order valence-electron chi connectivity index (χ2n) is 4.70. The maximum Gasteiger partial charge on any atom is 0.407 e. The molecule has 0 aliphatic carbocycles. The van der Waals surface area contributed by atoms with Gasteiger partial charge in [0, 0.05) is 19.6 Å². The van der Waals surface area contributed by atoms with E-state index < -0.39 is 6.09 Å². The first-order valence-electron chi connectivity index (χ1n) is 6.23. The maximum absolute atomic E-state index is 10.9. The maximum atomic E-state index is 10.9. The number of benzene rings is 1. The van der Waals surface area contributed by atoms with Crippen LogP contribution in [0.2, 0.25) is 0 Å². The molecule has 1 aliphatic heterocycles. The molecule has 0 spiro atoms. The number of hydrogen-bond acceptors (Lipinski definition) is 3. The molecule has 0 unspecified atom stereocenters. The summed E-state index contributed by atoms with van der Waals surface area (Å²) in [6, 6.07) is 7.62. The van der Waals surface area contributed by atoms with Crippen molar-refractivity contribution in [2.75, 3.05) is 30.7 Å². The van der Waals surface area contributed by atoms with Gasteiger partial charge in [0.2, 0.25) is 0 Å². The summed E-state index contributed by atoms with van der Waals surface area (Å²) in [6.45, 7) is 2.02. The van der Waals surface area contributed by atoms with E-state index in [1.807, 2.05) is 24.3 Å². The van der Waals surface area contributed by atoms with Crippen molar-refractivity contribution in [3.8, 4) is 0 Å². The Kier molecular flexibility index (Phi) is 3.92. The highest BCUT2D eigenvalue weighted by atomic mass is 16.4. The fourth-order valence-electron chi connectivity index (χ4n) is 2.32. The highest BCUT2D eigenvalue weighted by molar-refractivity contribution is 5.66. The lowest BCUT2D eigenvalue weighted by Gasteiger charge is -2.31. The van der Waals surface area contributed by atoms with Crippen molar-refractivity contribution in [3.63, 3.8) is 0 Å². The third-order valence-corrected chi connectivity index (χ3v) is 3.33. The Hall–Kier alpha value is -1.91. The highest BCUT2D eigenvalue weighted by Gasteiger charge is 2.22. The van der Waals surface area contributed by atoms with Crippen LogP contribution in [0.5, 0.6) is 0 Å². The molecule has 1 fully saturated rings. The summed E-state index contributed by atoms with van der Waals surface area (Å²) in [4.78, 5) is 12.4. The van der Waals surface area contributed by atoms with Crippen LogP contribution in [0.4, 0.5) is 16.2 Å². The van der Waals surface area contributed by atoms with E-state index in [4.69, 9.17) is 10.8 Å². The standard InChI is InChI=1S/C13H19N3O2/c14-11-5-1-2-6-12(11)15-8-10-4-3-7-16(9-10)13(17)18/h1-2,5-6,10,15H,3-4,7-9,14H2,(H,17,18)/t10-/m0/s1. The van der Waals surface area contributed by atoms with E-state index in [2.05, 4.69) is 5.32 Å². The van der Waals surface area contributed by atoms with Gasteiger partial charge in [-0.05, 0) is 30.9 Å². The summed E-state index contributed by atoms with van der Waals surface area (Å²) in [5.74, 6) is 0.356. The summed E-state index contributed by atoms with van der Waals surface area (Å²) in [6.07, 6.45) is 1.17. The van der Waals surface area contributed by atoms with Crippen LogP contribution in [-0.4, -0.2) is 35.7 Å². The van der Waals surface area contributed by atoms with Crippen LogP contribution >= 0.6 is 0 Å². The molecule has 1 heterocycles. The van der Waals surface area contributed by atoms with Crippen molar-refractivity contribution in [1.82, 2.24) is 4.90 Å². The first-order chi connectivity index (χ1) is 8.66. The normalized spacial score (nSPS) is 19.6. The molecule has 1 atom stereocenters. The van der Waals surface area contributed by atoms with Crippen LogP contribution in [0.15, 0.2) is 24.3 Å². The van der Waals surface area contributed by atoms with Gasteiger partial charge in [0.1, 0.15) is 0 Å². The lowest BCUT2D eigenvalue weighted by molar-refractivity contribution is 0.122. The van der Waals surface area contributed by atoms with E-state index in [9.17, 15) is 4.79 Å². The SMILES string of the molecule is Nc1ccccc1NC[C@@H]1CCCN(C(=O)O)C1. The quantitative estimate of drug-likeness (QED) is 0.716. The predicted octanol–water partition coefficient (Wildman–Crippen LogP) is 2.07. The van der Waals surface area contributed by atoms with Crippen molar-refractivity contribution < 1.29 is 9.90 Å². The number of nitrogen functional groups attached to an aromatic ring is 1. The minimum atomic E-state index is -0.820. The van der Waals surface area contributed by atoms with Gasteiger partial charge in [-0.2, -0.15) is 0 Å². The molecule has 0 radical (unpaired) electrons. The number of piperidine rings is 1. The largest absolute Gasteiger partial charge is 0.465 e. The van der Waals surface area contributed by atoms with E-state index in [1.165, 1.54) is 4.90 Å². The molecule has 4 N–H and O–H groups in total. The number of nitrogens with one attached hydrogen (secondary N) is 1. The van der Waals surface area contributed by atoms with Gasteiger partial charge >= 0.3 is 6.09 Å². The van der Waals surface area contributed by atoms with Gasteiger partial charge in [0.15, 0.2) is 0 Å². The Bertz CT molecular complexity index is 422. The van der Waals surface area contributed by atoms with E-state index in [1.54, 1.807) is 0 Å². The smallest absolute Gasteiger partial charge is 0.407 e. The molecular weight excluding hydrogens is 230 g/mol. The fourth-order valence-corrected chi connectivity index (χ4v) is 2.32. The molecule has 0 aromatic heterocycles. The second kappa shape index (κ2) is 5.62. The third kappa shape index (κ3) is 3.06. The fraction of sp³-hybridized carbons (Fsp3) is 0.462. The van der Waals surface area contributed by atoms with Crippen LogP contribution in [0, 0.1) is 5.92 Å². The van der Waals surface area contributed by atoms with Gasteiger partial charge in [0.05, 0.1) is 11.4 Å². The molecule has 5 nitrogen and oxygen atoms in total. The van der Waals surface area contributed by atoms with Gasteiger partial charge in [0.25, 0.3) is 0 Å². The summed E-state index contributed by atoms with van der Waals surface area (Å²) in [5, 5.41) is 12.3. The van der Waals surface area contributed by atoms with Crippen molar-refractivity contribution in [3.05, 3.63) is 24.3 Å². The Morgan fingerprint density at radius 3 is 3.00 bits per heavy atom. The number of likely N-dealkylation sites (tertiary alicyclic amines) is 1. The van der Waals surface area contributed by atoms with Gasteiger partial charge in [-0.3, -0.25) is 0 Å². The highest BCUT2D eigenvalue weighted by Crippen LogP contribution is 2.20. The molecule has 1 amide bonds. The topological polar surface area (TPSA) is 78.6 Å². The molecule has 2 rings (SSSR count). The molecule has 1 aromatic carbocycles. The van der Waals surface area contributed by atoms with Gasteiger partial charge < -0.3 is 21.1 Å². The van der Waals surface area contributed by atoms with Crippen LogP contribution in [0.1, 0.15) is 12.8 Å². The average molecular weight is 249 g/mol. The zero-order valence-corrected chi connectivity index (χ0v) is 10.3. The van der Waals surface area contributed by atoms with E-state index >= 15 is 0 Å². The molecule has 0 saturated carbocycles. The lowest BCUT2D eigenvalue weighted by Crippen LogP contribution is -2.41. The molecule has 1 aliphatic rings. The van der Waals surface area contributed by atoms with Gasteiger partial charge in [-0.15, -0.1) is 0 Å². The monoisotopic (exact) mass is 249 g/mol. The lowest BCUT2D eigenvalue weighted by atomic mass is 9.98. The molecule has 5 heteroatoms. The summed E-state index contributed by atoms with van der Waals surface area (Å²) in [7, 11) is 0. The number of nitrogens with two attached hydrogens (primary N) is 1. The zero-order valence-electron chi connectivity index (χ0n) is 10.3. The summed E-state index contributed by atoms with van der Waals surface area (Å²) in [5.41, 5.74) is 7.49. The predicted molar refractivity (Wildman–Crippen MR) is 71.7 cm³/mol. The van der Waals surface area contributed by atoms with Crippen molar-refractivity contribution >= 4 is 17.5 Å². The third-order valence-electron chi connectivity index (χ3n) is 3.33. The number of carbonyl (C=O) groups is 1. The summed E-state index contributed by atoms with van der Waals surface area (Å²) >= 11 is 0. The van der Waals surface area contributed by atoms with Crippen molar-refractivity contribution in [2.24, 2.45) is 5.92 Å². The van der Waals surface area contributed by atoms with Crippen LogP contribution < -0.4 is 11.1 Å². The molecule has 18 heavy (non-hydrogen) atoms. The van der Waals surface area contributed by atoms with Gasteiger partial charge in [-0.1, -0.05) is 12.1 Å². The minimum absolute atomic E-state index is 0.356. The first-order valence-corrected chi connectivity index (χ1v) is 6.23. The van der Waals surface area contributed by atoms with Crippen LogP contribution in [0.3, 0.4) is 0 Å². The van der Waals surface area contributed by atoms with E-state index in [-0.39, 0.29) is 0 Å². The molecule has 98 valence electrons. The number of carboxylic acid groups (broad SMARTS) is 1. The average Bonchev–Trinajstić information content (AvgIpc) is 2.38. The van der Waals surface area contributed by atoms with E-state index in [0.29, 0.717) is 19.0 Å². The second-order valence-corrected chi connectivity index (χ2v) is 4.70. The summed E-state index contributed by atoms with van der Waals surface area (Å²) < 4.78 is 0.